The van der Waals surface area contributed by atoms with Crippen LogP contribution in [0.2, 0.25) is 10.0 Å². The fourth-order valence-corrected chi connectivity index (χ4v) is 4.64. The summed E-state index contributed by atoms with van der Waals surface area (Å²) in [5.41, 5.74) is 1.57. The summed E-state index contributed by atoms with van der Waals surface area (Å²) in [6.07, 6.45) is 0. The molecule has 0 aromatic heterocycles. The molecule has 31 heavy (non-hydrogen) atoms. The number of nitrogens with one attached hydrogen (secondary N) is 1. The Bertz CT molecular complexity index is 1200. The Hall–Kier alpha value is -2.74. The number of nitrogens with zero attached hydrogens (tertiary/aromatic N) is 1. The van der Waals surface area contributed by atoms with Crippen LogP contribution in [0.15, 0.2) is 71.6 Å². The van der Waals surface area contributed by atoms with Gasteiger partial charge in [0.05, 0.1) is 17.7 Å². The minimum atomic E-state index is -4.07. The smallest absolute Gasteiger partial charge is 0.264 e. The van der Waals surface area contributed by atoms with E-state index in [2.05, 4.69) is 5.32 Å². The normalized spacial score (nSPS) is 11.1. The molecule has 0 saturated carbocycles. The van der Waals surface area contributed by atoms with Gasteiger partial charge < -0.3 is 10.1 Å². The zero-order valence-corrected chi connectivity index (χ0v) is 19.1. The number of carbonyl (C=O) groups is 1. The molecular formula is C22H20Cl2N2O4S. The maximum absolute atomic E-state index is 13.4. The second-order valence-corrected chi connectivity index (χ2v) is 9.41. The van der Waals surface area contributed by atoms with Crippen LogP contribution in [-0.2, 0) is 14.8 Å². The van der Waals surface area contributed by atoms with Gasteiger partial charge in [0.2, 0.25) is 5.91 Å². The highest BCUT2D eigenvalue weighted by Crippen LogP contribution is 2.27. The van der Waals surface area contributed by atoms with Crippen LogP contribution < -0.4 is 14.4 Å². The van der Waals surface area contributed by atoms with E-state index in [0.29, 0.717) is 21.5 Å². The van der Waals surface area contributed by atoms with Gasteiger partial charge in [0.1, 0.15) is 12.3 Å². The Morgan fingerprint density at radius 1 is 1.00 bits per heavy atom. The summed E-state index contributed by atoms with van der Waals surface area (Å²) in [6, 6.07) is 17.3. The van der Waals surface area contributed by atoms with E-state index in [1.165, 1.54) is 25.3 Å². The minimum absolute atomic E-state index is 0.0139. The SMILES string of the molecule is COc1ccc(S(=O)(=O)N(CC(=O)Nc2cc(Cl)ccc2C)c2cccc(Cl)c2)cc1. The molecule has 3 aromatic rings. The molecule has 0 fully saturated rings. The van der Waals surface area contributed by atoms with Gasteiger partial charge in [0.25, 0.3) is 10.0 Å². The second-order valence-electron chi connectivity index (χ2n) is 6.67. The van der Waals surface area contributed by atoms with Gasteiger partial charge in [-0.25, -0.2) is 8.42 Å². The maximum Gasteiger partial charge on any atom is 0.264 e. The molecule has 0 aliphatic heterocycles. The van der Waals surface area contributed by atoms with Crippen molar-refractivity contribution < 1.29 is 17.9 Å². The van der Waals surface area contributed by atoms with Crippen LogP contribution in [0.25, 0.3) is 0 Å². The first-order valence-electron chi connectivity index (χ1n) is 9.19. The van der Waals surface area contributed by atoms with Crippen LogP contribution in [0.4, 0.5) is 11.4 Å². The zero-order valence-electron chi connectivity index (χ0n) is 16.8. The number of rotatable bonds is 7. The summed E-state index contributed by atoms with van der Waals surface area (Å²) in [6.45, 7) is 1.36. The molecule has 0 spiro atoms. The fraction of sp³-hybridized carbons (Fsp3) is 0.136. The van der Waals surface area contributed by atoms with Crippen molar-refractivity contribution in [2.75, 3.05) is 23.3 Å². The molecule has 3 aromatic carbocycles. The van der Waals surface area contributed by atoms with Crippen molar-refractivity contribution in [1.82, 2.24) is 0 Å². The van der Waals surface area contributed by atoms with Gasteiger partial charge in [-0.3, -0.25) is 9.10 Å². The van der Waals surface area contributed by atoms with Gasteiger partial charge in [-0.2, -0.15) is 0 Å². The molecule has 0 radical (unpaired) electrons. The van der Waals surface area contributed by atoms with Gasteiger partial charge in [0, 0.05) is 15.7 Å². The number of ether oxygens (including phenoxy) is 1. The summed E-state index contributed by atoms with van der Waals surface area (Å²) >= 11 is 12.1. The summed E-state index contributed by atoms with van der Waals surface area (Å²) in [5.74, 6) is -0.00939. The van der Waals surface area contributed by atoms with Gasteiger partial charge >= 0.3 is 0 Å². The summed E-state index contributed by atoms with van der Waals surface area (Å²) in [5, 5.41) is 3.53. The van der Waals surface area contributed by atoms with E-state index in [-0.39, 0.29) is 10.6 Å². The third-order valence-corrected chi connectivity index (χ3v) is 6.76. The van der Waals surface area contributed by atoms with Crippen LogP contribution >= 0.6 is 23.2 Å². The first-order valence-corrected chi connectivity index (χ1v) is 11.4. The molecule has 162 valence electrons. The van der Waals surface area contributed by atoms with Crippen LogP contribution in [0.5, 0.6) is 5.75 Å². The third kappa shape index (κ3) is 5.50. The van der Waals surface area contributed by atoms with E-state index in [1.807, 2.05) is 6.92 Å². The maximum atomic E-state index is 13.4. The molecule has 0 bridgehead atoms. The molecule has 0 atom stereocenters. The monoisotopic (exact) mass is 478 g/mol. The zero-order chi connectivity index (χ0) is 22.6. The van der Waals surface area contributed by atoms with E-state index < -0.39 is 22.5 Å². The van der Waals surface area contributed by atoms with Crippen LogP contribution in [0.3, 0.4) is 0 Å². The van der Waals surface area contributed by atoms with Crippen molar-refractivity contribution in [1.29, 1.82) is 0 Å². The molecule has 0 aliphatic rings. The van der Waals surface area contributed by atoms with Crippen molar-refractivity contribution in [2.24, 2.45) is 0 Å². The Morgan fingerprint density at radius 3 is 2.32 bits per heavy atom. The van der Waals surface area contributed by atoms with E-state index in [4.69, 9.17) is 27.9 Å². The predicted molar refractivity (Wildman–Crippen MR) is 124 cm³/mol. The molecule has 1 amide bonds. The van der Waals surface area contributed by atoms with Crippen molar-refractivity contribution in [2.45, 2.75) is 11.8 Å². The van der Waals surface area contributed by atoms with Crippen molar-refractivity contribution in [3.05, 3.63) is 82.3 Å². The molecule has 6 nitrogen and oxygen atoms in total. The highest BCUT2D eigenvalue weighted by atomic mass is 35.5. The quantitative estimate of drug-likeness (QED) is 0.509. The Labute approximate surface area is 191 Å². The molecule has 0 saturated heterocycles. The highest BCUT2D eigenvalue weighted by Gasteiger charge is 2.27. The second kappa shape index (κ2) is 9.60. The summed E-state index contributed by atoms with van der Waals surface area (Å²) < 4.78 is 32.9. The summed E-state index contributed by atoms with van der Waals surface area (Å²) in [7, 11) is -2.58. The topological polar surface area (TPSA) is 75.7 Å². The fourth-order valence-electron chi connectivity index (χ4n) is 2.87. The standard InChI is InChI=1S/C22H20Cl2N2O4S/c1-15-6-7-17(24)13-21(15)25-22(27)14-26(18-5-3-4-16(23)12-18)31(28,29)20-10-8-19(30-2)9-11-20/h3-13H,14H2,1-2H3,(H,25,27). The van der Waals surface area contributed by atoms with Crippen molar-refractivity contribution in [3.8, 4) is 5.75 Å². The van der Waals surface area contributed by atoms with Crippen LogP contribution in [0, 0.1) is 6.92 Å². The van der Waals surface area contributed by atoms with Crippen molar-refractivity contribution >= 4 is 50.5 Å². The van der Waals surface area contributed by atoms with Gasteiger partial charge in [-0.15, -0.1) is 0 Å². The summed E-state index contributed by atoms with van der Waals surface area (Å²) in [4.78, 5) is 12.8. The van der Waals surface area contributed by atoms with Crippen LogP contribution in [-0.4, -0.2) is 28.0 Å². The Morgan fingerprint density at radius 2 is 1.68 bits per heavy atom. The molecular weight excluding hydrogens is 459 g/mol. The highest BCUT2D eigenvalue weighted by molar-refractivity contribution is 7.92. The van der Waals surface area contributed by atoms with E-state index in [9.17, 15) is 13.2 Å². The average Bonchev–Trinajstić information content (AvgIpc) is 2.74. The number of hydrogen-bond donors (Lipinski definition) is 1. The van der Waals surface area contributed by atoms with E-state index in [0.717, 1.165) is 9.87 Å². The lowest BCUT2D eigenvalue weighted by Gasteiger charge is -2.24. The van der Waals surface area contributed by atoms with Gasteiger partial charge in [-0.1, -0.05) is 35.3 Å². The number of benzene rings is 3. The number of methoxy groups -OCH3 is 1. The predicted octanol–water partition coefficient (Wildman–Crippen LogP) is 5.14. The average molecular weight is 479 g/mol. The molecule has 9 heteroatoms. The Kier molecular flexibility index (Phi) is 7.10. The molecule has 0 unspecified atom stereocenters. The number of anilines is 2. The first-order chi connectivity index (χ1) is 14.7. The lowest BCUT2D eigenvalue weighted by Crippen LogP contribution is -2.38. The number of amides is 1. The number of carbonyl (C=O) groups excluding carboxylic acids is 1. The van der Waals surface area contributed by atoms with Crippen LogP contribution in [0.1, 0.15) is 5.56 Å². The third-order valence-electron chi connectivity index (χ3n) is 4.50. The van der Waals surface area contributed by atoms with Gasteiger partial charge in [0.15, 0.2) is 0 Å². The number of sulfonamides is 1. The lowest BCUT2D eigenvalue weighted by molar-refractivity contribution is -0.114. The number of aryl methyl sites for hydroxylation is 1. The van der Waals surface area contributed by atoms with E-state index >= 15 is 0 Å². The number of halogens is 2. The van der Waals surface area contributed by atoms with E-state index in [1.54, 1.807) is 48.5 Å². The Balaban J connectivity index is 1.96. The largest absolute Gasteiger partial charge is 0.497 e. The molecule has 1 N–H and O–H groups in total. The molecule has 0 aliphatic carbocycles. The lowest BCUT2D eigenvalue weighted by atomic mass is 10.2. The number of hydrogen-bond acceptors (Lipinski definition) is 4. The first kappa shape index (κ1) is 22.9. The van der Waals surface area contributed by atoms with Crippen molar-refractivity contribution in [3.63, 3.8) is 0 Å². The molecule has 3 rings (SSSR count). The molecule has 0 heterocycles. The van der Waals surface area contributed by atoms with Gasteiger partial charge in [-0.05, 0) is 67.1 Å². The minimum Gasteiger partial charge on any atom is -0.497 e.